The minimum absolute atomic E-state index is 0.0362. The molecule has 4 atom stereocenters. The third-order valence-corrected chi connectivity index (χ3v) is 8.22. The van der Waals surface area contributed by atoms with Crippen molar-refractivity contribution >= 4 is 52.2 Å². The van der Waals surface area contributed by atoms with E-state index < -0.39 is 47.2 Å². The number of hydrogen-bond donors (Lipinski definition) is 3. The van der Waals surface area contributed by atoms with E-state index >= 15 is 8.78 Å². The fourth-order valence-corrected chi connectivity index (χ4v) is 6.27. The van der Waals surface area contributed by atoms with Crippen LogP contribution in [0.2, 0.25) is 10.0 Å². The predicted molar refractivity (Wildman–Crippen MR) is 151 cm³/mol. The van der Waals surface area contributed by atoms with Gasteiger partial charge in [0.1, 0.15) is 21.9 Å². The van der Waals surface area contributed by atoms with Crippen molar-refractivity contribution in [1.82, 2.24) is 5.32 Å². The second-order valence-electron chi connectivity index (χ2n) is 10.7. The van der Waals surface area contributed by atoms with Crippen molar-refractivity contribution < 1.29 is 23.1 Å². The lowest BCUT2D eigenvalue weighted by Gasteiger charge is -2.37. The lowest BCUT2D eigenvalue weighted by Crippen LogP contribution is -2.44. The first-order valence-electron chi connectivity index (χ1n) is 12.2. The molecule has 1 aromatic heterocycles. The van der Waals surface area contributed by atoms with Crippen LogP contribution >= 0.6 is 34.5 Å². The molecule has 0 bridgehead atoms. The highest BCUT2D eigenvalue weighted by Gasteiger charge is 2.61. The molecule has 0 saturated carbocycles. The van der Waals surface area contributed by atoms with Gasteiger partial charge in [0.25, 0.3) is 5.91 Å². The molecule has 210 valence electrons. The van der Waals surface area contributed by atoms with Gasteiger partial charge in [-0.15, -0.1) is 11.3 Å². The molecule has 0 aliphatic carbocycles. The fraction of sp³-hybridized carbons (Fsp3) is 0.321. The Kier molecular flexibility index (Phi) is 8.43. The van der Waals surface area contributed by atoms with Crippen LogP contribution in [0.3, 0.4) is 0 Å². The molecule has 2 aromatic carbocycles. The number of halogens is 4. The van der Waals surface area contributed by atoms with Crippen molar-refractivity contribution in [3.05, 3.63) is 85.5 Å². The normalized spacial score (nSPS) is 22.5. The Morgan fingerprint density at radius 3 is 2.58 bits per heavy atom. The van der Waals surface area contributed by atoms with Gasteiger partial charge in [0.2, 0.25) is 0 Å². The zero-order chi connectivity index (χ0) is 29.4. The van der Waals surface area contributed by atoms with Crippen LogP contribution in [0.5, 0.6) is 0 Å². The zero-order valence-electron chi connectivity index (χ0n) is 21.7. The van der Waals surface area contributed by atoms with Crippen LogP contribution < -0.4 is 16.4 Å². The number of anilines is 1. The minimum Gasteiger partial charge on any atom is -0.429 e. The highest BCUT2D eigenvalue weighted by Crippen LogP contribution is 2.53. The number of ether oxygens (including phenoxy) is 1. The van der Waals surface area contributed by atoms with Gasteiger partial charge >= 0.3 is 6.09 Å². The van der Waals surface area contributed by atoms with Gasteiger partial charge in [0.05, 0.1) is 22.7 Å². The Labute approximate surface area is 244 Å². The number of carbonyl (C=O) groups is 2. The van der Waals surface area contributed by atoms with Gasteiger partial charge in [-0.05, 0) is 47.0 Å². The van der Waals surface area contributed by atoms with Crippen LogP contribution in [-0.2, 0) is 10.2 Å². The standard InChI is InChI=1S/C28H26Cl2F2N4O3S/c1-27(2,3)12-20-28(13-33,16-8-7-14(29)11-18(16)31)21(15-5-4-6-17(30)22(15)32)25(36-20)39-26(38)35-19-9-10-40-23(19)24(34)37/h4-11,20-21,25,36H,12H2,1-3H3,(H2,34,37)(H,35,38)/t20-,21-,25+,28-/m0/s1. The van der Waals surface area contributed by atoms with E-state index in [1.54, 1.807) is 5.38 Å². The summed E-state index contributed by atoms with van der Waals surface area (Å²) in [4.78, 5) is 24.9. The molecule has 7 nitrogen and oxygen atoms in total. The van der Waals surface area contributed by atoms with Gasteiger partial charge < -0.3 is 10.5 Å². The number of carbonyl (C=O) groups excluding carboxylic acids is 2. The van der Waals surface area contributed by atoms with Gasteiger partial charge in [0.15, 0.2) is 6.23 Å². The van der Waals surface area contributed by atoms with Gasteiger partial charge in [-0.25, -0.2) is 13.6 Å². The average Bonchev–Trinajstić information content (AvgIpc) is 3.42. The molecule has 0 unspecified atom stereocenters. The van der Waals surface area contributed by atoms with E-state index in [-0.39, 0.29) is 37.2 Å². The minimum atomic E-state index is -1.76. The van der Waals surface area contributed by atoms with Crippen LogP contribution in [-0.4, -0.2) is 24.3 Å². The summed E-state index contributed by atoms with van der Waals surface area (Å²) in [6.07, 6.45) is -1.99. The third-order valence-electron chi connectivity index (χ3n) is 6.76. The van der Waals surface area contributed by atoms with E-state index in [2.05, 4.69) is 16.7 Å². The molecular formula is C28H26Cl2F2N4O3S. The molecule has 1 fully saturated rings. The maximum absolute atomic E-state index is 15.6. The number of nitrogens with two attached hydrogens (primary N) is 1. The Bertz CT molecular complexity index is 1500. The molecule has 0 radical (unpaired) electrons. The van der Waals surface area contributed by atoms with E-state index in [4.69, 9.17) is 33.7 Å². The van der Waals surface area contributed by atoms with E-state index in [1.807, 2.05) is 20.8 Å². The molecule has 1 aliphatic heterocycles. The van der Waals surface area contributed by atoms with Crippen molar-refractivity contribution in [3.8, 4) is 6.07 Å². The molecule has 40 heavy (non-hydrogen) atoms. The summed E-state index contributed by atoms with van der Waals surface area (Å²) >= 11 is 13.2. The summed E-state index contributed by atoms with van der Waals surface area (Å²) < 4.78 is 37.0. The molecule has 4 rings (SSSR count). The van der Waals surface area contributed by atoms with E-state index in [0.717, 1.165) is 17.4 Å². The van der Waals surface area contributed by atoms with Crippen LogP contribution in [0.1, 0.15) is 53.9 Å². The van der Waals surface area contributed by atoms with Crippen LogP contribution in [0.4, 0.5) is 19.3 Å². The van der Waals surface area contributed by atoms with Gasteiger partial charge in [-0.2, -0.15) is 5.26 Å². The molecule has 3 aromatic rings. The summed E-state index contributed by atoms with van der Waals surface area (Å²) in [5, 5.41) is 17.9. The summed E-state index contributed by atoms with van der Waals surface area (Å²) in [5.41, 5.74) is 3.28. The summed E-state index contributed by atoms with van der Waals surface area (Å²) in [5.74, 6) is -3.58. The average molecular weight is 608 g/mol. The first-order valence-corrected chi connectivity index (χ1v) is 13.8. The highest BCUT2D eigenvalue weighted by molar-refractivity contribution is 7.12. The Morgan fingerprint density at radius 2 is 1.95 bits per heavy atom. The number of benzene rings is 2. The Balaban J connectivity index is 1.88. The molecule has 2 amide bonds. The number of hydrogen-bond acceptors (Lipinski definition) is 6. The Hall–Kier alpha value is -3.23. The van der Waals surface area contributed by atoms with Crippen LogP contribution in [0, 0.1) is 28.4 Å². The Morgan fingerprint density at radius 1 is 1.23 bits per heavy atom. The number of amides is 2. The summed E-state index contributed by atoms with van der Waals surface area (Å²) in [6, 6.07) is 11.1. The smallest absolute Gasteiger partial charge is 0.413 e. The summed E-state index contributed by atoms with van der Waals surface area (Å²) in [6.45, 7) is 5.81. The number of thiophene rings is 1. The first-order chi connectivity index (χ1) is 18.8. The second kappa shape index (κ2) is 11.3. The fourth-order valence-electron chi connectivity index (χ4n) is 5.23. The van der Waals surface area contributed by atoms with Crippen molar-refractivity contribution in [3.63, 3.8) is 0 Å². The number of rotatable bonds is 6. The molecule has 4 N–H and O–H groups in total. The predicted octanol–water partition coefficient (Wildman–Crippen LogP) is 6.96. The number of nitrogens with one attached hydrogen (secondary N) is 2. The van der Waals surface area contributed by atoms with E-state index in [0.29, 0.717) is 6.42 Å². The van der Waals surface area contributed by atoms with Crippen molar-refractivity contribution in [2.45, 2.75) is 50.8 Å². The SMILES string of the molecule is CC(C)(C)C[C@@H]1N[C@H](OC(=O)Nc2ccsc2C(N)=O)[C@H](c2cccc(Cl)c2F)[C@@]1(C#N)c1ccc(Cl)cc1F. The number of nitrogens with zero attached hydrogens (tertiary/aromatic N) is 1. The highest BCUT2D eigenvalue weighted by atomic mass is 35.5. The van der Waals surface area contributed by atoms with E-state index in [1.165, 1.54) is 36.4 Å². The maximum Gasteiger partial charge on any atom is 0.413 e. The topological polar surface area (TPSA) is 117 Å². The lowest BCUT2D eigenvalue weighted by molar-refractivity contribution is 0.0851. The van der Waals surface area contributed by atoms with E-state index in [9.17, 15) is 14.9 Å². The quantitative estimate of drug-likeness (QED) is 0.280. The molecule has 2 heterocycles. The molecular weight excluding hydrogens is 581 g/mol. The molecule has 0 spiro atoms. The maximum atomic E-state index is 15.6. The van der Waals surface area contributed by atoms with Gasteiger partial charge in [-0.1, -0.05) is 62.2 Å². The number of primary amides is 1. The largest absolute Gasteiger partial charge is 0.429 e. The van der Waals surface area contributed by atoms with Crippen LogP contribution in [0.15, 0.2) is 47.8 Å². The van der Waals surface area contributed by atoms with Crippen LogP contribution in [0.25, 0.3) is 0 Å². The monoisotopic (exact) mass is 606 g/mol. The molecule has 1 saturated heterocycles. The van der Waals surface area contributed by atoms with Gasteiger partial charge in [-0.3, -0.25) is 15.4 Å². The second-order valence-corrected chi connectivity index (χ2v) is 12.4. The lowest BCUT2D eigenvalue weighted by atomic mass is 9.63. The third kappa shape index (κ3) is 5.65. The van der Waals surface area contributed by atoms with Crippen molar-refractivity contribution in [2.75, 3.05) is 5.32 Å². The summed E-state index contributed by atoms with van der Waals surface area (Å²) in [7, 11) is 0. The van der Waals surface area contributed by atoms with Gasteiger partial charge in [0, 0.05) is 16.6 Å². The number of nitriles is 1. The zero-order valence-corrected chi connectivity index (χ0v) is 24.1. The first kappa shape index (κ1) is 29.7. The molecule has 1 aliphatic rings. The molecule has 12 heteroatoms. The van der Waals surface area contributed by atoms with Crippen molar-refractivity contribution in [2.24, 2.45) is 11.1 Å². The van der Waals surface area contributed by atoms with Crippen molar-refractivity contribution in [1.29, 1.82) is 5.26 Å².